The van der Waals surface area contributed by atoms with Crippen molar-refractivity contribution >= 4 is 55.1 Å². The van der Waals surface area contributed by atoms with Crippen LogP contribution in [0.2, 0.25) is 0 Å². The molecular weight excluding hydrogens is 538 g/mol. The van der Waals surface area contributed by atoms with Crippen molar-refractivity contribution in [3.05, 3.63) is 92.9 Å². The van der Waals surface area contributed by atoms with Crippen molar-refractivity contribution in [1.82, 2.24) is 5.43 Å². The molecule has 35 heavy (non-hydrogen) atoms. The molecule has 0 saturated heterocycles. The number of nitrogens with zero attached hydrogens (tertiary/aromatic N) is 4. The first-order valence-electron chi connectivity index (χ1n) is 10.2. The van der Waals surface area contributed by atoms with Crippen LogP contribution in [0.1, 0.15) is 5.56 Å². The molecule has 0 unspecified atom stereocenters. The lowest BCUT2D eigenvalue weighted by molar-refractivity contribution is -0.384. The van der Waals surface area contributed by atoms with Crippen molar-refractivity contribution in [2.45, 2.75) is 4.90 Å². The smallest absolute Gasteiger partial charge is 0.293 e. The summed E-state index contributed by atoms with van der Waals surface area (Å²) in [7, 11) is -0.489. The Balaban J connectivity index is 1.87. The van der Waals surface area contributed by atoms with Crippen LogP contribution in [-0.2, 0) is 14.8 Å². The maximum absolute atomic E-state index is 13.3. The Kier molecular flexibility index (Phi) is 8.20. The summed E-state index contributed by atoms with van der Waals surface area (Å²) in [4.78, 5) is 25.3. The molecule has 0 radical (unpaired) electrons. The highest BCUT2D eigenvalue weighted by molar-refractivity contribution is 9.10. The molecule has 0 aliphatic carbocycles. The Morgan fingerprint density at radius 2 is 1.71 bits per heavy atom. The minimum Gasteiger partial charge on any atom is -0.377 e. The Hall–Kier alpha value is -3.77. The second kappa shape index (κ2) is 11.1. The topological polar surface area (TPSA) is 125 Å². The van der Waals surface area contributed by atoms with E-state index in [1.807, 2.05) is 31.1 Å². The van der Waals surface area contributed by atoms with Gasteiger partial charge in [0.2, 0.25) is 0 Å². The van der Waals surface area contributed by atoms with Crippen LogP contribution < -0.4 is 14.6 Å². The number of hydrazone groups is 1. The Morgan fingerprint density at radius 3 is 2.34 bits per heavy atom. The van der Waals surface area contributed by atoms with Crippen LogP contribution in [0.5, 0.6) is 0 Å². The molecule has 12 heteroatoms. The number of sulfonamides is 1. The fourth-order valence-corrected chi connectivity index (χ4v) is 5.37. The molecule has 0 saturated carbocycles. The van der Waals surface area contributed by atoms with Crippen LogP contribution in [0.3, 0.4) is 0 Å². The van der Waals surface area contributed by atoms with E-state index in [0.29, 0.717) is 9.87 Å². The SMILES string of the molecule is CN(C)c1ccc(/C=N\NC(=O)CN(c2ccccc2[N+](=O)[O-])S(=O)(=O)c2ccccc2)cc1Br. The van der Waals surface area contributed by atoms with Gasteiger partial charge in [-0.2, -0.15) is 5.10 Å². The molecular formula is C23H22BrN5O5S. The van der Waals surface area contributed by atoms with Crippen LogP contribution in [0, 0.1) is 10.1 Å². The van der Waals surface area contributed by atoms with Crippen molar-refractivity contribution in [2.24, 2.45) is 5.10 Å². The van der Waals surface area contributed by atoms with Crippen molar-refractivity contribution in [3.63, 3.8) is 0 Å². The fourth-order valence-electron chi connectivity index (χ4n) is 3.16. The van der Waals surface area contributed by atoms with E-state index < -0.39 is 33.1 Å². The van der Waals surface area contributed by atoms with Crippen LogP contribution in [0.4, 0.5) is 17.1 Å². The van der Waals surface area contributed by atoms with Crippen molar-refractivity contribution < 1.29 is 18.1 Å². The van der Waals surface area contributed by atoms with E-state index in [9.17, 15) is 23.3 Å². The second-order valence-electron chi connectivity index (χ2n) is 7.47. The third-order valence-electron chi connectivity index (χ3n) is 4.82. The van der Waals surface area contributed by atoms with Crippen molar-refractivity contribution in [3.8, 4) is 0 Å². The first-order chi connectivity index (χ1) is 16.6. The van der Waals surface area contributed by atoms with Crippen molar-refractivity contribution in [1.29, 1.82) is 0 Å². The number of nitrogens with one attached hydrogen (secondary N) is 1. The van der Waals surface area contributed by atoms with Gasteiger partial charge in [-0.3, -0.25) is 14.9 Å². The zero-order chi connectivity index (χ0) is 25.6. The third kappa shape index (κ3) is 6.22. The van der Waals surface area contributed by atoms with E-state index in [0.717, 1.165) is 10.2 Å². The fraction of sp³-hybridized carbons (Fsp3) is 0.130. The van der Waals surface area contributed by atoms with Crippen LogP contribution >= 0.6 is 15.9 Å². The standard InChI is InChI=1S/C23H22BrN5O5S/c1-27(2)20-13-12-17(14-19(20)24)15-25-26-23(30)16-28(21-10-6-7-11-22(21)29(31)32)35(33,34)18-8-4-3-5-9-18/h3-15H,16H2,1-2H3,(H,26,30)/b25-15-. The number of rotatable bonds is 9. The average Bonchev–Trinajstić information content (AvgIpc) is 2.83. The van der Waals surface area contributed by atoms with Gasteiger partial charge in [0, 0.05) is 24.6 Å². The molecule has 0 bridgehead atoms. The third-order valence-corrected chi connectivity index (χ3v) is 7.23. The largest absolute Gasteiger partial charge is 0.377 e. The van der Waals surface area contributed by atoms with E-state index in [1.165, 1.54) is 54.7 Å². The van der Waals surface area contributed by atoms with Gasteiger partial charge in [-0.05, 0) is 51.8 Å². The highest BCUT2D eigenvalue weighted by atomic mass is 79.9. The monoisotopic (exact) mass is 559 g/mol. The van der Waals surface area contributed by atoms with E-state index >= 15 is 0 Å². The molecule has 0 aliphatic heterocycles. The predicted molar refractivity (Wildman–Crippen MR) is 138 cm³/mol. The minimum atomic E-state index is -4.30. The number of para-hydroxylation sites is 2. The summed E-state index contributed by atoms with van der Waals surface area (Å²) >= 11 is 3.47. The van der Waals surface area contributed by atoms with Gasteiger partial charge in [0.25, 0.3) is 21.6 Å². The zero-order valence-electron chi connectivity index (χ0n) is 18.8. The number of nitro benzene ring substituents is 1. The highest BCUT2D eigenvalue weighted by Crippen LogP contribution is 2.32. The lowest BCUT2D eigenvalue weighted by atomic mass is 10.2. The molecule has 0 fully saturated rings. The summed E-state index contributed by atoms with van der Waals surface area (Å²) in [6.07, 6.45) is 1.41. The maximum atomic E-state index is 13.3. The van der Waals surface area contributed by atoms with Gasteiger partial charge in [0.05, 0.1) is 21.7 Å². The van der Waals surface area contributed by atoms with Crippen LogP contribution in [0.25, 0.3) is 0 Å². The molecule has 0 aliphatic rings. The van der Waals surface area contributed by atoms with Gasteiger partial charge < -0.3 is 4.90 Å². The van der Waals surface area contributed by atoms with E-state index in [-0.39, 0.29) is 10.6 Å². The number of anilines is 2. The van der Waals surface area contributed by atoms with Crippen LogP contribution in [-0.4, -0.2) is 46.1 Å². The number of carbonyl (C=O) groups is 1. The molecule has 0 atom stereocenters. The zero-order valence-corrected chi connectivity index (χ0v) is 21.2. The predicted octanol–water partition coefficient (Wildman–Crippen LogP) is 3.77. The summed E-state index contributed by atoms with van der Waals surface area (Å²) in [6.45, 7) is -0.720. The number of benzene rings is 3. The van der Waals surface area contributed by atoms with Gasteiger partial charge in [-0.25, -0.2) is 18.1 Å². The lowest BCUT2D eigenvalue weighted by Crippen LogP contribution is -2.39. The summed E-state index contributed by atoms with van der Waals surface area (Å²) in [5, 5.41) is 15.5. The van der Waals surface area contributed by atoms with Gasteiger partial charge in [-0.1, -0.05) is 36.4 Å². The summed E-state index contributed by atoms with van der Waals surface area (Å²) in [6, 6.07) is 18.2. The number of hydrogen-bond donors (Lipinski definition) is 1. The lowest BCUT2D eigenvalue weighted by Gasteiger charge is -2.23. The summed E-state index contributed by atoms with van der Waals surface area (Å²) in [5.74, 6) is -0.775. The normalized spacial score (nSPS) is 11.3. The molecule has 1 N–H and O–H groups in total. The molecule has 3 aromatic carbocycles. The van der Waals surface area contributed by atoms with Gasteiger partial charge in [0.15, 0.2) is 0 Å². The first kappa shape index (κ1) is 25.8. The quantitative estimate of drug-likeness (QED) is 0.241. The number of halogens is 1. The van der Waals surface area contributed by atoms with Gasteiger partial charge >= 0.3 is 0 Å². The van der Waals surface area contributed by atoms with E-state index in [2.05, 4.69) is 26.5 Å². The highest BCUT2D eigenvalue weighted by Gasteiger charge is 2.31. The Labute approximate surface area is 211 Å². The van der Waals surface area contributed by atoms with Gasteiger partial charge in [-0.15, -0.1) is 0 Å². The van der Waals surface area contributed by atoms with E-state index in [1.54, 1.807) is 12.1 Å². The molecule has 3 aromatic rings. The molecule has 3 rings (SSSR count). The Morgan fingerprint density at radius 1 is 1.06 bits per heavy atom. The van der Waals surface area contributed by atoms with Gasteiger partial charge in [0.1, 0.15) is 12.2 Å². The average molecular weight is 560 g/mol. The maximum Gasteiger partial charge on any atom is 0.293 e. The summed E-state index contributed by atoms with van der Waals surface area (Å²) in [5.41, 5.74) is 3.25. The summed E-state index contributed by atoms with van der Waals surface area (Å²) < 4.78 is 28.2. The Bertz CT molecular complexity index is 1360. The number of nitro groups is 1. The minimum absolute atomic E-state index is 0.111. The number of hydrogen-bond acceptors (Lipinski definition) is 7. The molecule has 10 nitrogen and oxygen atoms in total. The number of amides is 1. The molecule has 0 heterocycles. The molecule has 1 amide bonds. The first-order valence-corrected chi connectivity index (χ1v) is 12.4. The molecule has 0 spiro atoms. The molecule has 182 valence electrons. The second-order valence-corrected chi connectivity index (χ2v) is 10.2. The van der Waals surface area contributed by atoms with Crippen LogP contribution in [0.15, 0.2) is 87.3 Å². The molecule has 0 aromatic heterocycles. The number of carbonyl (C=O) groups excluding carboxylic acids is 1. The van der Waals surface area contributed by atoms with E-state index in [4.69, 9.17) is 0 Å². The van der Waals surface area contributed by atoms with Crippen molar-refractivity contribution in [2.75, 3.05) is 29.8 Å².